The first-order valence-corrected chi connectivity index (χ1v) is 2.40. The van der Waals surface area contributed by atoms with Crippen LogP contribution in [0.25, 0.3) is 0 Å². The van der Waals surface area contributed by atoms with Gasteiger partial charge in [0.1, 0.15) is 0 Å². The Balaban J connectivity index is 3.17. The summed E-state index contributed by atoms with van der Waals surface area (Å²) in [6.07, 6.45) is 0.345. The van der Waals surface area contributed by atoms with Crippen molar-refractivity contribution < 1.29 is 4.39 Å². The lowest BCUT2D eigenvalue weighted by Gasteiger charge is -2.07. The van der Waals surface area contributed by atoms with Crippen LogP contribution in [-0.2, 0) is 0 Å². The molecule has 0 rings (SSSR count). The fraction of sp³-hybridized carbons (Fsp3) is 1.00. The summed E-state index contributed by atoms with van der Waals surface area (Å²) in [7, 11) is 1.90. The molecule has 0 aromatic carbocycles. The first kappa shape index (κ1) is 6.32. The highest BCUT2D eigenvalue weighted by molar-refractivity contribution is 7.18. The SMILES string of the molecule is CCC(N)(F)P. The third-order valence-corrected chi connectivity index (χ3v) is 0.950. The second-order valence-corrected chi connectivity index (χ2v) is 2.24. The molecule has 0 aliphatic rings. The lowest BCUT2D eigenvalue weighted by Crippen LogP contribution is -2.23. The van der Waals surface area contributed by atoms with Crippen LogP contribution >= 0.6 is 9.24 Å². The van der Waals surface area contributed by atoms with E-state index in [2.05, 4.69) is 0 Å². The van der Waals surface area contributed by atoms with Gasteiger partial charge in [0.25, 0.3) is 0 Å². The van der Waals surface area contributed by atoms with E-state index >= 15 is 0 Å². The Kier molecular flexibility index (Phi) is 1.95. The highest BCUT2D eigenvalue weighted by Gasteiger charge is 2.10. The third kappa shape index (κ3) is 4.32. The quantitative estimate of drug-likeness (QED) is 0.392. The van der Waals surface area contributed by atoms with Crippen molar-refractivity contribution in [3.05, 3.63) is 0 Å². The Morgan fingerprint density at radius 3 is 2.17 bits per heavy atom. The van der Waals surface area contributed by atoms with Crippen LogP contribution in [0.5, 0.6) is 0 Å². The molecule has 0 spiro atoms. The van der Waals surface area contributed by atoms with Gasteiger partial charge in [-0.05, 0) is 6.42 Å². The zero-order chi connectivity index (χ0) is 5.21. The smallest absolute Gasteiger partial charge is 0.171 e. The molecule has 0 heterocycles. The lowest BCUT2D eigenvalue weighted by atomic mass is 10.5. The van der Waals surface area contributed by atoms with Gasteiger partial charge in [-0.1, -0.05) is 16.2 Å². The highest BCUT2D eigenvalue weighted by atomic mass is 31.0. The third-order valence-electron chi connectivity index (χ3n) is 0.542. The monoisotopic (exact) mass is 109 g/mol. The molecule has 0 aromatic rings. The average molecular weight is 109 g/mol. The molecule has 6 heavy (non-hydrogen) atoms. The van der Waals surface area contributed by atoms with Gasteiger partial charge in [-0.2, -0.15) is 0 Å². The molecule has 0 saturated carbocycles. The minimum Gasteiger partial charge on any atom is -0.296 e. The summed E-state index contributed by atoms with van der Waals surface area (Å²) in [6, 6.07) is 0. The van der Waals surface area contributed by atoms with Gasteiger partial charge in [0, 0.05) is 0 Å². The summed E-state index contributed by atoms with van der Waals surface area (Å²) in [5.74, 6) is 0. The predicted octanol–water partition coefficient (Wildman–Crippen LogP) is 0.853. The van der Waals surface area contributed by atoms with Crippen LogP contribution in [0.15, 0.2) is 0 Å². The molecule has 1 nitrogen and oxygen atoms in total. The molecule has 2 atom stereocenters. The number of alkyl halides is 1. The van der Waals surface area contributed by atoms with E-state index in [1.807, 2.05) is 9.24 Å². The number of rotatable bonds is 1. The normalized spacial score (nSPS) is 20.0. The summed E-state index contributed by atoms with van der Waals surface area (Å²) < 4.78 is 11.9. The zero-order valence-electron chi connectivity index (χ0n) is 3.74. The Hall–Kier alpha value is 0.320. The van der Waals surface area contributed by atoms with Gasteiger partial charge in [-0.15, -0.1) is 0 Å². The first-order valence-electron chi connectivity index (χ1n) is 1.83. The van der Waals surface area contributed by atoms with Crippen molar-refractivity contribution in [1.29, 1.82) is 0 Å². The molecule has 0 amide bonds. The second kappa shape index (κ2) is 1.85. The van der Waals surface area contributed by atoms with Crippen molar-refractivity contribution in [3.8, 4) is 0 Å². The minimum absolute atomic E-state index is 0.345. The molecule has 0 bridgehead atoms. The average Bonchev–Trinajstić information content (AvgIpc) is 1.35. The van der Waals surface area contributed by atoms with E-state index in [0.717, 1.165) is 0 Å². The molecule has 0 fully saturated rings. The van der Waals surface area contributed by atoms with Crippen molar-refractivity contribution in [2.24, 2.45) is 5.73 Å². The van der Waals surface area contributed by atoms with Crippen LogP contribution in [-0.4, -0.2) is 5.53 Å². The van der Waals surface area contributed by atoms with Crippen molar-refractivity contribution in [3.63, 3.8) is 0 Å². The predicted molar refractivity (Wildman–Crippen MR) is 28.0 cm³/mol. The van der Waals surface area contributed by atoms with Crippen LogP contribution in [0.2, 0.25) is 0 Å². The molecule has 2 N–H and O–H groups in total. The maximum Gasteiger partial charge on any atom is 0.171 e. The van der Waals surface area contributed by atoms with E-state index < -0.39 is 5.53 Å². The largest absolute Gasteiger partial charge is 0.296 e. The summed E-state index contributed by atoms with van der Waals surface area (Å²) in [6.45, 7) is 1.69. The lowest BCUT2D eigenvalue weighted by molar-refractivity contribution is 0.289. The van der Waals surface area contributed by atoms with Crippen LogP contribution in [0, 0.1) is 0 Å². The van der Waals surface area contributed by atoms with Crippen molar-refractivity contribution >= 4 is 9.24 Å². The molecule has 0 aliphatic heterocycles. The minimum atomic E-state index is -1.54. The Morgan fingerprint density at radius 1 is 2.00 bits per heavy atom. The second-order valence-electron chi connectivity index (χ2n) is 1.28. The van der Waals surface area contributed by atoms with Gasteiger partial charge in [-0.25, -0.2) is 4.39 Å². The van der Waals surface area contributed by atoms with Crippen LogP contribution in [0.3, 0.4) is 0 Å². The van der Waals surface area contributed by atoms with Gasteiger partial charge in [-0.3, -0.25) is 5.73 Å². The van der Waals surface area contributed by atoms with Crippen molar-refractivity contribution in [2.75, 3.05) is 0 Å². The molecule has 0 radical (unpaired) electrons. The van der Waals surface area contributed by atoms with E-state index in [4.69, 9.17) is 5.73 Å². The zero-order valence-corrected chi connectivity index (χ0v) is 4.89. The topological polar surface area (TPSA) is 26.0 Å². The fourth-order valence-corrected chi connectivity index (χ4v) is 0. The molecule has 0 aliphatic carbocycles. The van der Waals surface area contributed by atoms with Gasteiger partial charge in [0.2, 0.25) is 0 Å². The van der Waals surface area contributed by atoms with Gasteiger partial charge < -0.3 is 0 Å². The van der Waals surface area contributed by atoms with Crippen LogP contribution in [0.4, 0.5) is 4.39 Å². The standard InChI is InChI=1S/C3H9FNP/c1-2-3(4,5)6/h2,5-6H2,1H3. The van der Waals surface area contributed by atoms with E-state index in [0.29, 0.717) is 6.42 Å². The molecular formula is C3H9FNP. The Morgan fingerprint density at radius 2 is 2.17 bits per heavy atom. The summed E-state index contributed by atoms with van der Waals surface area (Å²) >= 11 is 0. The molecular weight excluding hydrogens is 100 g/mol. The first-order chi connectivity index (χ1) is 2.56. The molecule has 2 unspecified atom stereocenters. The molecule has 3 heteroatoms. The summed E-state index contributed by atoms with van der Waals surface area (Å²) in [5, 5.41) is 0. The molecule has 38 valence electrons. The van der Waals surface area contributed by atoms with Crippen LogP contribution in [0.1, 0.15) is 13.3 Å². The number of halogens is 1. The van der Waals surface area contributed by atoms with Gasteiger partial charge >= 0.3 is 0 Å². The van der Waals surface area contributed by atoms with Crippen LogP contribution < -0.4 is 5.73 Å². The van der Waals surface area contributed by atoms with E-state index in [-0.39, 0.29) is 0 Å². The van der Waals surface area contributed by atoms with E-state index in [9.17, 15) is 4.39 Å². The maximum atomic E-state index is 11.9. The Labute approximate surface area is 39.3 Å². The molecule has 0 aromatic heterocycles. The highest BCUT2D eigenvalue weighted by Crippen LogP contribution is 2.14. The summed E-state index contributed by atoms with van der Waals surface area (Å²) in [4.78, 5) is 0. The van der Waals surface area contributed by atoms with Crippen molar-refractivity contribution in [2.45, 2.75) is 18.9 Å². The number of hydrogen-bond donors (Lipinski definition) is 1. The summed E-state index contributed by atoms with van der Waals surface area (Å²) in [5.41, 5.74) is 3.29. The van der Waals surface area contributed by atoms with E-state index in [1.54, 1.807) is 6.92 Å². The van der Waals surface area contributed by atoms with Crippen molar-refractivity contribution in [1.82, 2.24) is 0 Å². The molecule has 0 saturated heterocycles. The number of nitrogens with two attached hydrogens (primary N) is 1. The number of hydrogen-bond acceptors (Lipinski definition) is 1. The van der Waals surface area contributed by atoms with E-state index in [1.165, 1.54) is 0 Å². The maximum absolute atomic E-state index is 11.9. The fourth-order valence-electron chi connectivity index (χ4n) is 0. The van der Waals surface area contributed by atoms with Gasteiger partial charge in [0.15, 0.2) is 5.53 Å². The van der Waals surface area contributed by atoms with Gasteiger partial charge in [0.05, 0.1) is 0 Å². The Bertz CT molecular complexity index is 40.5.